The molecule has 49 heavy (non-hydrogen) atoms. The second-order valence-corrected chi connectivity index (χ2v) is 8.21. The molecule has 0 aromatic rings. The van der Waals surface area contributed by atoms with Crippen LogP contribution in [0.25, 0.3) is 0 Å². The highest BCUT2D eigenvalue weighted by Gasteiger charge is 2.90. The highest BCUT2D eigenvalue weighted by molar-refractivity contribution is 4.99. The van der Waals surface area contributed by atoms with Crippen LogP contribution in [-0.2, 0) is 18.9 Å². The summed E-state index contributed by atoms with van der Waals surface area (Å²) in [5.74, 6) is -42.2. The Hall–Kier alpha value is -2.23. The molecule has 0 aliphatic heterocycles. The number of rotatable bonds is 13. The van der Waals surface area contributed by atoms with Gasteiger partial charge < -0.3 is 5.11 Å². The van der Waals surface area contributed by atoms with E-state index in [2.05, 4.69) is 0 Å². The number of hydrogen-bond acceptors (Lipinski definition) is 5. The first kappa shape index (κ1) is 46.8. The van der Waals surface area contributed by atoms with Crippen molar-refractivity contribution < 1.29 is 151 Å². The Balaban J connectivity index is 7.61. The summed E-state index contributed by atoms with van der Waals surface area (Å²) in [6.45, 7) is -3.78. The molecule has 0 radical (unpaired) electrons. The number of ether oxygens (including phenoxy) is 4. The van der Waals surface area contributed by atoms with Crippen LogP contribution < -0.4 is 0 Å². The molecule has 0 bridgehead atoms. The number of alkyl halides is 29. The fourth-order valence-corrected chi connectivity index (χ4v) is 2.19. The lowest BCUT2D eigenvalue weighted by atomic mass is 10.2. The molecule has 0 saturated carbocycles. The van der Waals surface area contributed by atoms with E-state index in [1.54, 1.807) is 0 Å². The monoisotopic (exact) mass is 814 g/mol. The van der Waals surface area contributed by atoms with Crippen molar-refractivity contribution in [1.82, 2.24) is 0 Å². The van der Waals surface area contributed by atoms with Crippen LogP contribution in [-0.4, -0.2) is 96.4 Å². The average molecular weight is 814 g/mol. The Bertz CT molecular complexity index is 1150. The van der Waals surface area contributed by atoms with Crippen LogP contribution in [0, 0.1) is 0 Å². The van der Waals surface area contributed by atoms with Gasteiger partial charge in [-0.1, -0.05) is 0 Å². The van der Waals surface area contributed by atoms with Crippen molar-refractivity contribution in [3.05, 3.63) is 0 Å². The molecule has 0 aliphatic rings. The van der Waals surface area contributed by atoms with Gasteiger partial charge >= 0.3 is 84.7 Å². The molecular formula is C15H3F29O5. The smallest absolute Gasteiger partial charge is 0.390 e. The van der Waals surface area contributed by atoms with Gasteiger partial charge in [0.25, 0.3) is 0 Å². The fraction of sp³-hybridized carbons (Fsp3) is 1.00. The lowest BCUT2D eigenvalue weighted by Crippen LogP contribution is -2.72. The Morgan fingerprint density at radius 3 is 0.694 bits per heavy atom. The van der Waals surface area contributed by atoms with Gasteiger partial charge in [-0.05, 0) is 0 Å². The molecule has 296 valence electrons. The van der Waals surface area contributed by atoms with Gasteiger partial charge in [0.15, 0.2) is 0 Å². The van der Waals surface area contributed by atoms with E-state index >= 15 is 0 Å². The van der Waals surface area contributed by atoms with Gasteiger partial charge in [-0.2, -0.15) is 127 Å². The number of hydrogen-bond donors (Lipinski definition) is 1. The third-order valence-electron chi connectivity index (χ3n) is 4.66. The minimum absolute atomic E-state index is 0.845. The summed E-state index contributed by atoms with van der Waals surface area (Å²) in [5.41, 5.74) is 0. The van der Waals surface area contributed by atoms with E-state index in [4.69, 9.17) is 5.11 Å². The number of aliphatic hydroxyl groups excluding tert-OH is 1. The summed E-state index contributed by atoms with van der Waals surface area (Å²) in [4.78, 5) is 0. The Kier molecular flexibility index (Phi) is 11.6. The molecule has 0 aliphatic carbocycles. The first-order valence-corrected chi connectivity index (χ1v) is 10.0. The summed E-state index contributed by atoms with van der Waals surface area (Å²) in [6.07, 6.45) is -76.7. The van der Waals surface area contributed by atoms with Crippen molar-refractivity contribution in [2.24, 2.45) is 0 Å². The van der Waals surface area contributed by atoms with Gasteiger partial charge in [-0.15, -0.1) is 0 Å². The maximum absolute atomic E-state index is 14.3. The van der Waals surface area contributed by atoms with Gasteiger partial charge in [-0.3, -0.25) is 18.9 Å². The van der Waals surface area contributed by atoms with Gasteiger partial charge in [0, 0.05) is 0 Å². The van der Waals surface area contributed by atoms with E-state index < -0.39 is 91.3 Å². The first-order valence-electron chi connectivity index (χ1n) is 10.0. The highest BCUT2D eigenvalue weighted by atomic mass is 19.4. The van der Waals surface area contributed by atoms with E-state index in [0.29, 0.717) is 0 Å². The van der Waals surface area contributed by atoms with Crippen LogP contribution in [0.4, 0.5) is 127 Å². The Morgan fingerprint density at radius 2 is 0.510 bits per heavy atom. The molecular weight excluding hydrogens is 811 g/mol. The molecule has 1 N–H and O–H groups in total. The van der Waals surface area contributed by atoms with Crippen molar-refractivity contribution in [2.45, 2.75) is 84.7 Å². The van der Waals surface area contributed by atoms with Crippen LogP contribution in [0.1, 0.15) is 0 Å². The van der Waals surface area contributed by atoms with Crippen molar-refractivity contribution in [2.75, 3.05) is 6.61 Å². The number of halogens is 29. The van der Waals surface area contributed by atoms with E-state index in [-0.39, 0.29) is 0 Å². The van der Waals surface area contributed by atoms with Gasteiger partial charge in [0.2, 0.25) is 0 Å². The molecule has 0 aromatic heterocycles. The third kappa shape index (κ3) is 7.84. The Labute approximate surface area is 244 Å². The number of aliphatic hydroxyl groups is 1. The van der Waals surface area contributed by atoms with Gasteiger partial charge in [0.1, 0.15) is 6.61 Å². The second-order valence-electron chi connectivity index (χ2n) is 8.21. The van der Waals surface area contributed by atoms with E-state index in [9.17, 15) is 127 Å². The molecule has 0 heterocycles. The largest absolute Gasteiger partial charge is 0.462 e. The molecule has 0 aromatic carbocycles. The Morgan fingerprint density at radius 1 is 0.286 bits per heavy atom. The molecule has 0 saturated heterocycles. The summed E-state index contributed by atoms with van der Waals surface area (Å²) >= 11 is 0. The second kappa shape index (κ2) is 12.2. The molecule has 0 unspecified atom stereocenters. The zero-order chi connectivity index (χ0) is 40.5. The summed E-state index contributed by atoms with van der Waals surface area (Å²) in [6, 6.07) is 0. The topological polar surface area (TPSA) is 57.2 Å². The molecule has 0 amide bonds. The van der Waals surface area contributed by atoms with Crippen LogP contribution in [0.15, 0.2) is 0 Å². The average Bonchev–Trinajstić information content (AvgIpc) is 2.78. The first-order chi connectivity index (χ1) is 20.6. The molecule has 4 atom stereocenters. The lowest BCUT2D eigenvalue weighted by Gasteiger charge is -2.44. The van der Waals surface area contributed by atoms with Gasteiger partial charge in [0.05, 0.1) is 0 Å². The van der Waals surface area contributed by atoms with E-state index in [0.717, 1.165) is 14.2 Å². The zero-order valence-electron chi connectivity index (χ0n) is 20.7. The maximum atomic E-state index is 14.3. The lowest BCUT2D eigenvalue weighted by molar-refractivity contribution is -0.593. The van der Waals surface area contributed by atoms with Crippen molar-refractivity contribution in [3.8, 4) is 0 Å². The maximum Gasteiger partial charge on any atom is 0.462 e. The van der Waals surface area contributed by atoms with Crippen molar-refractivity contribution in [3.63, 3.8) is 0 Å². The summed E-state index contributed by atoms with van der Waals surface area (Å²) < 4.78 is 386. The molecule has 5 nitrogen and oxygen atoms in total. The van der Waals surface area contributed by atoms with Gasteiger partial charge in [-0.25, -0.2) is 0 Å². The van der Waals surface area contributed by atoms with Crippen LogP contribution >= 0.6 is 0 Å². The molecule has 0 rings (SSSR count). The van der Waals surface area contributed by atoms with E-state index in [1.807, 2.05) is 0 Å². The molecule has 34 heteroatoms. The van der Waals surface area contributed by atoms with E-state index in [1.165, 1.54) is 4.74 Å². The zero-order valence-corrected chi connectivity index (χ0v) is 20.7. The standard InChI is InChI=1S/C15H3F29O5/c16-2(1-45,7(22,23)24)46-13(39,40)4(19,9(28,29)30)48-15(43,44)6(21,11(34,35)36)49-14(41,42)5(20,10(31,32)33)47-12(37,38)3(17,18)8(25,26)27/h45H,1H2/t2-,4+,5+,6+/m0/s1. The quantitative estimate of drug-likeness (QED) is 0.189. The third-order valence-corrected chi connectivity index (χ3v) is 4.66. The van der Waals surface area contributed by atoms with Crippen LogP contribution in [0.2, 0.25) is 0 Å². The SMILES string of the molecule is OC[C@](F)(OC(F)(F)[C@](F)(OC(F)(F)[C@](F)(OC(F)(F)[C@](F)(OC(F)(F)C(F)(F)C(F)(F)F)C(F)(F)F)C(F)(F)F)C(F)(F)F)C(F)(F)F. The van der Waals surface area contributed by atoms with Crippen molar-refractivity contribution >= 4 is 0 Å². The molecule has 0 fully saturated rings. The minimum atomic E-state index is -9.19. The predicted octanol–water partition coefficient (Wildman–Crippen LogP) is 8.53. The van der Waals surface area contributed by atoms with Crippen molar-refractivity contribution in [1.29, 1.82) is 0 Å². The highest BCUT2D eigenvalue weighted by Crippen LogP contribution is 2.61. The summed E-state index contributed by atoms with van der Waals surface area (Å²) in [5, 5.41) is 8.11. The van der Waals surface area contributed by atoms with Crippen LogP contribution in [0.5, 0.6) is 0 Å². The molecule has 0 spiro atoms. The summed E-state index contributed by atoms with van der Waals surface area (Å²) in [7, 11) is 0. The fourth-order valence-electron chi connectivity index (χ4n) is 2.19. The normalized spacial score (nSPS) is 20.7. The van der Waals surface area contributed by atoms with Crippen LogP contribution in [0.3, 0.4) is 0 Å². The minimum Gasteiger partial charge on any atom is -0.390 e. The predicted molar refractivity (Wildman–Crippen MR) is 81.8 cm³/mol.